The number of rotatable bonds is 2. The predicted molar refractivity (Wildman–Crippen MR) is 119 cm³/mol. The Hall–Kier alpha value is -3.22. The number of amides is 1. The van der Waals surface area contributed by atoms with Crippen LogP contribution in [0.2, 0.25) is 0 Å². The Morgan fingerprint density at radius 3 is 2.81 bits per heavy atom. The average molecular weight is 420 g/mol. The van der Waals surface area contributed by atoms with Gasteiger partial charge in [-0.2, -0.15) is 0 Å². The van der Waals surface area contributed by atoms with E-state index >= 15 is 0 Å². The summed E-state index contributed by atoms with van der Waals surface area (Å²) < 4.78 is 15.9. The molecule has 5 rings (SSSR count). The lowest BCUT2D eigenvalue weighted by molar-refractivity contribution is -0.119. The molecule has 2 aliphatic carbocycles. The molecule has 2 aromatic heterocycles. The first-order valence-corrected chi connectivity index (χ1v) is 10.9. The summed E-state index contributed by atoms with van der Waals surface area (Å²) in [5.74, 6) is 0.697. The predicted octanol–water partition coefficient (Wildman–Crippen LogP) is 3.10. The maximum atomic E-state index is 13.6. The van der Waals surface area contributed by atoms with E-state index in [0.717, 1.165) is 59.8 Å². The van der Waals surface area contributed by atoms with Crippen LogP contribution in [0.15, 0.2) is 47.6 Å². The molecule has 31 heavy (non-hydrogen) atoms. The Balaban J connectivity index is 1.63. The Kier molecular flexibility index (Phi) is 5.18. The van der Waals surface area contributed by atoms with Crippen molar-refractivity contribution in [3.05, 3.63) is 58.9 Å². The molecule has 0 atom stereocenters. The second kappa shape index (κ2) is 8.13. The molecule has 1 aliphatic heterocycles. The second-order valence-electron chi connectivity index (χ2n) is 8.44. The molecular weight excluding hydrogens is 393 g/mol. The van der Waals surface area contributed by atoms with Gasteiger partial charge in [0.25, 0.3) is 0 Å². The largest absolute Gasteiger partial charge is 0.354 e. The zero-order chi connectivity index (χ0) is 21.4. The van der Waals surface area contributed by atoms with Gasteiger partial charge >= 0.3 is 0 Å². The number of hydrogen-bond acceptors (Lipinski definition) is 3. The number of halogens is 1. The van der Waals surface area contributed by atoms with Crippen molar-refractivity contribution in [2.24, 2.45) is 4.99 Å². The molecule has 7 heteroatoms. The normalized spacial score (nSPS) is 26.5. The summed E-state index contributed by atoms with van der Waals surface area (Å²) in [7, 11) is 0. The lowest BCUT2D eigenvalue weighted by Gasteiger charge is -2.30. The number of carbonyl (C=O) groups is 1. The molecule has 0 saturated heterocycles. The number of aromatic amines is 1. The van der Waals surface area contributed by atoms with E-state index in [1.54, 1.807) is 13.0 Å². The molecule has 1 saturated carbocycles. The molecule has 0 radical (unpaired) electrons. The summed E-state index contributed by atoms with van der Waals surface area (Å²) in [6, 6.07) is 2.63. The maximum Gasteiger partial charge on any atom is 0.217 e. The van der Waals surface area contributed by atoms with Crippen LogP contribution in [0.25, 0.3) is 11.1 Å². The van der Waals surface area contributed by atoms with E-state index in [9.17, 15) is 9.18 Å². The number of carbonyl (C=O) groups excluding carboxylic acids is 1. The second-order valence-corrected chi connectivity index (χ2v) is 8.44. The van der Waals surface area contributed by atoms with Gasteiger partial charge in [0.05, 0.1) is 17.0 Å². The van der Waals surface area contributed by atoms with Gasteiger partial charge in [-0.15, -0.1) is 0 Å². The fourth-order valence-electron chi connectivity index (χ4n) is 4.93. The quantitative estimate of drug-likeness (QED) is 0.785. The minimum absolute atomic E-state index is 0.0341. The van der Waals surface area contributed by atoms with Crippen molar-refractivity contribution < 1.29 is 9.18 Å². The molecule has 0 spiro atoms. The van der Waals surface area contributed by atoms with E-state index in [4.69, 9.17) is 4.98 Å². The minimum Gasteiger partial charge on any atom is -0.354 e. The first kappa shape index (κ1) is 19.7. The first-order valence-electron chi connectivity index (χ1n) is 10.9. The third-order valence-electron chi connectivity index (χ3n) is 6.41. The van der Waals surface area contributed by atoms with Crippen LogP contribution in [0, 0.1) is 0 Å². The summed E-state index contributed by atoms with van der Waals surface area (Å²) in [6.07, 6.45) is 15.9. The number of allylic oxidation sites excluding steroid dienone is 4. The molecule has 3 aliphatic rings. The molecule has 2 aromatic rings. The lowest BCUT2D eigenvalue weighted by Crippen LogP contribution is -2.40. The zero-order valence-corrected chi connectivity index (χ0v) is 17.6. The van der Waals surface area contributed by atoms with Crippen LogP contribution in [0.4, 0.5) is 10.2 Å². The van der Waals surface area contributed by atoms with E-state index in [0.29, 0.717) is 12.5 Å². The van der Waals surface area contributed by atoms with Gasteiger partial charge in [-0.05, 0) is 61.5 Å². The van der Waals surface area contributed by atoms with Crippen LogP contribution in [0.1, 0.15) is 57.1 Å². The van der Waals surface area contributed by atoms with Crippen LogP contribution < -0.4 is 16.0 Å². The van der Waals surface area contributed by atoms with Gasteiger partial charge in [0, 0.05) is 43.4 Å². The Labute approximate surface area is 180 Å². The molecular formula is C24H26FN5O. The summed E-state index contributed by atoms with van der Waals surface area (Å²) in [4.78, 5) is 24.0. The molecule has 3 heterocycles. The highest BCUT2D eigenvalue weighted by atomic mass is 19.1. The van der Waals surface area contributed by atoms with Crippen LogP contribution in [0.3, 0.4) is 0 Å². The van der Waals surface area contributed by atoms with Crippen molar-refractivity contribution in [1.29, 1.82) is 0 Å². The third kappa shape index (κ3) is 3.80. The summed E-state index contributed by atoms with van der Waals surface area (Å²) in [6.45, 7) is 1.58. The van der Waals surface area contributed by atoms with Gasteiger partial charge in [0.15, 0.2) is 0 Å². The van der Waals surface area contributed by atoms with Gasteiger partial charge in [-0.1, -0.05) is 6.08 Å². The molecule has 0 bridgehead atoms. The number of fused-ring (bicyclic) bond motifs is 1. The molecule has 1 amide bonds. The monoisotopic (exact) mass is 419 g/mol. The Bertz CT molecular complexity index is 1220. The highest BCUT2D eigenvalue weighted by Gasteiger charge is 2.25. The highest BCUT2D eigenvalue weighted by Crippen LogP contribution is 2.30. The topological polar surface area (TPSA) is 75.1 Å². The zero-order valence-electron chi connectivity index (χ0n) is 17.6. The molecule has 160 valence electrons. The first-order chi connectivity index (χ1) is 15.1. The van der Waals surface area contributed by atoms with E-state index in [-0.39, 0.29) is 17.8 Å². The van der Waals surface area contributed by atoms with E-state index in [1.807, 2.05) is 24.8 Å². The average Bonchev–Trinajstić information content (AvgIpc) is 3.41. The standard InChI is InChI=1S/C24H26FN5O/c1-15(31)29-18-6-8-19(9-7-18)30-14-28-22(16-2-4-17(25)5-3-16)23(30)20-10-12-26-24-21(20)11-13-27-24/h2,4-5,11-14,18-19,27H,3,6-10H2,1H3,(H,29,31). The summed E-state index contributed by atoms with van der Waals surface area (Å²) in [5.41, 5.74) is 3.31. The Morgan fingerprint density at radius 2 is 2.06 bits per heavy atom. The van der Waals surface area contributed by atoms with Crippen molar-refractivity contribution >= 4 is 29.1 Å². The summed E-state index contributed by atoms with van der Waals surface area (Å²) >= 11 is 0. The van der Waals surface area contributed by atoms with Gasteiger partial charge in [-0.25, -0.2) is 14.4 Å². The van der Waals surface area contributed by atoms with E-state index in [2.05, 4.69) is 25.9 Å². The Morgan fingerprint density at radius 1 is 1.23 bits per heavy atom. The number of nitrogens with zero attached hydrogens (tertiary/aromatic N) is 3. The van der Waals surface area contributed by atoms with Crippen molar-refractivity contribution in [1.82, 2.24) is 19.9 Å². The fraction of sp³-hybridized carbons (Fsp3) is 0.375. The fourth-order valence-corrected chi connectivity index (χ4v) is 4.93. The molecule has 6 nitrogen and oxygen atoms in total. The smallest absolute Gasteiger partial charge is 0.217 e. The number of H-pyrrole nitrogens is 1. The van der Waals surface area contributed by atoms with E-state index in [1.165, 1.54) is 11.6 Å². The minimum atomic E-state index is -0.202. The third-order valence-corrected chi connectivity index (χ3v) is 6.41. The van der Waals surface area contributed by atoms with Crippen molar-refractivity contribution in [3.63, 3.8) is 0 Å². The van der Waals surface area contributed by atoms with Gasteiger partial charge in [-0.3, -0.25) is 4.79 Å². The van der Waals surface area contributed by atoms with Crippen molar-refractivity contribution in [2.75, 3.05) is 0 Å². The number of aliphatic imine (C=N–C) groups is 1. The van der Waals surface area contributed by atoms with Crippen LogP contribution in [0.5, 0.6) is 0 Å². The highest BCUT2D eigenvalue weighted by molar-refractivity contribution is 5.88. The van der Waals surface area contributed by atoms with E-state index < -0.39 is 0 Å². The number of imidazole rings is 1. The number of aromatic nitrogens is 3. The van der Waals surface area contributed by atoms with Crippen molar-refractivity contribution in [2.45, 2.75) is 57.5 Å². The summed E-state index contributed by atoms with van der Waals surface area (Å²) in [5, 5.41) is 5.08. The molecule has 0 unspecified atom stereocenters. The van der Waals surface area contributed by atoms with Crippen LogP contribution in [-0.4, -0.2) is 32.7 Å². The van der Waals surface area contributed by atoms with Gasteiger partial charge < -0.3 is 14.9 Å². The lowest BCUT2D eigenvalue weighted by atomic mass is 9.90. The molecule has 2 N–H and O–H groups in total. The number of hydrogen-bond donors (Lipinski definition) is 2. The van der Waals surface area contributed by atoms with Gasteiger partial charge in [0.1, 0.15) is 11.6 Å². The number of nitrogens with one attached hydrogen (secondary N) is 2. The van der Waals surface area contributed by atoms with Crippen LogP contribution >= 0.6 is 0 Å². The van der Waals surface area contributed by atoms with Gasteiger partial charge in [0.2, 0.25) is 5.91 Å². The molecule has 1 fully saturated rings. The van der Waals surface area contributed by atoms with Crippen LogP contribution in [-0.2, 0) is 4.79 Å². The maximum absolute atomic E-state index is 13.6. The SMILES string of the molecule is CC(=O)NC1CCC(n2cnc(=C3C=CC(F)=CC3)c2=C2CC=Nc3[nH]ccc32)CC1. The van der Waals surface area contributed by atoms with Crippen molar-refractivity contribution in [3.8, 4) is 0 Å². The molecule has 0 aromatic carbocycles.